The third-order valence-electron chi connectivity index (χ3n) is 3.35. The summed E-state index contributed by atoms with van der Waals surface area (Å²) in [6, 6.07) is 0. The standard InChI is InChI=1S/C12H15N7O2S/c1-8-16-17-12(22-8)19-5-9(4-10(19)20)11(21)14-2-3-18-7-13-6-15-18/h6-7,9H,2-5H2,1H3,(H,14,21). The van der Waals surface area contributed by atoms with Crippen molar-refractivity contribution in [1.29, 1.82) is 0 Å². The first-order chi connectivity index (χ1) is 10.6. The Morgan fingerprint density at radius 2 is 2.36 bits per heavy atom. The molecule has 0 aliphatic carbocycles. The summed E-state index contributed by atoms with van der Waals surface area (Å²) in [5.41, 5.74) is 0. The number of hydrogen-bond acceptors (Lipinski definition) is 7. The number of anilines is 1. The molecule has 1 aliphatic heterocycles. The summed E-state index contributed by atoms with van der Waals surface area (Å²) in [7, 11) is 0. The van der Waals surface area contributed by atoms with Gasteiger partial charge in [0, 0.05) is 19.5 Å². The highest BCUT2D eigenvalue weighted by Gasteiger charge is 2.36. The molecule has 0 spiro atoms. The van der Waals surface area contributed by atoms with E-state index in [2.05, 4.69) is 25.6 Å². The molecule has 2 amide bonds. The highest BCUT2D eigenvalue weighted by Crippen LogP contribution is 2.27. The fourth-order valence-corrected chi connectivity index (χ4v) is 2.96. The fourth-order valence-electron chi connectivity index (χ4n) is 2.25. The largest absolute Gasteiger partial charge is 0.354 e. The SMILES string of the molecule is Cc1nnc(N2CC(C(=O)NCCn3cncn3)CC2=O)s1. The molecule has 0 aromatic carbocycles. The maximum atomic E-state index is 12.1. The molecule has 1 saturated heterocycles. The van der Waals surface area contributed by atoms with Crippen LogP contribution in [0.4, 0.5) is 5.13 Å². The number of hydrogen-bond donors (Lipinski definition) is 1. The molecule has 0 radical (unpaired) electrons. The Hall–Kier alpha value is -2.36. The molecular formula is C12H15N7O2S. The minimum absolute atomic E-state index is 0.0902. The Bertz CT molecular complexity index is 669. The molecule has 22 heavy (non-hydrogen) atoms. The molecule has 10 heteroatoms. The van der Waals surface area contributed by atoms with Gasteiger partial charge < -0.3 is 5.32 Å². The predicted octanol–water partition coefficient (Wildman–Crippen LogP) is -0.393. The molecule has 1 fully saturated rings. The van der Waals surface area contributed by atoms with Crippen molar-refractivity contribution in [2.45, 2.75) is 19.9 Å². The van der Waals surface area contributed by atoms with Crippen LogP contribution in [0.1, 0.15) is 11.4 Å². The maximum absolute atomic E-state index is 12.1. The van der Waals surface area contributed by atoms with Gasteiger partial charge in [0.2, 0.25) is 16.9 Å². The van der Waals surface area contributed by atoms with Crippen LogP contribution < -0.4 is 10.2 Å². The number of aromatic nitrogens is 5. The average Bonchev–Trinajstić information content (AvgIpc) is 3.20. The Kier molecular flexibility index (Phi) is 4.09. The minimum Gasteiger partial charge on any atom is -0.354 e. The number of nitrogens with one attached hydrogen (secondary N) is 1. The van der Waals surface area contributed by atoms with E-state index in [1.165, 1.54) is 22.6 Å². The van der Waals surface area contributed by atoms with Gasteiger partial charge in [0.15, 0.2) is 0 Å². The molecule has 2 aromatic heterocycles. The van der Waals surface area contributed by atoms with E-state index in [4.69, 9.17) is 0 Å². The second-order valence-electron chi connectivity index (χ2n) is 4.96. The second kappa shape index (κ2) is 6.18. The van der Waals surface area contributed by atoms with E-state index in [0.29, 0.717) is 24.8 Å². The second-order valence-corrected chi connectivity index (χ2v) is 6.12. The van der Waals surface area contributed by atoms with Gasteiger partial charge in [-0.05, 0) is 6.92 Å². The Morgan fingerprint density at radius 3 is 3.05 bits per heavy atom. The van der Waals surface area contributed by atoms with E-state index in [9.17, 15) is 9.59 Å². The van der Waals surface area contributed by atoms with Crippen molar-refractivity contribution in [1.82, 2.24) is 30.3 Å². The number of rotatable bonds is 5. The zero-order valence-electron chi connectivity index (χ0n) is 12.0. The lowest BCUT2D eigenvalue weighted by atomic mass is 10.1. The van der Waals surface area contributed by atoms with Crippen LogP contribution in [0.5, 0.6) is 0 Å². The van der Waals surface area contributed by atoms with E-state index < -0.39 is 0 Å². The lowest BCUT2D eigenvalue weighted by molar-refractivity contribution is -0.126. The van der Waals surface area contributed by atoms with Crippen LogP contribution in [0.2, 0.25) is 0 Å². The monoisotopic (exact) mass is 321 g/mol. The van der Waals surface area contributed by atoms with E-state index >= 15 is 0 Å². The van der Waals surface area contributed by atoms with Gasteiger partial charge in [0.1, 0.15) is 17.7 Å². The molecule has 1 unspecified atom stereocenters. The molecule has 9 nitrogen and oxygen atoms in total. The van der Waals surface area contributed by atoms with Crippen LogP contribution in [0.25, 0.3) is 0 Å². The third-order valence-corrected chi connectivity index (χ3v) is 4.21. The Balaban J connectivity index is 1.52. The number of amides is 2. The molecule has 1 N–H and O–H groups in total. The van der Waals surface area contributed by atoms with Crippen molar-refractivity contribution in [2.24, 2.45) is 5.92 Å². The Morgan fingerprint density at radius 1 is 1.50 bits per heavy atom. The van der Waals surface area contributed by atoms with Gasteiger partial charge in [-0.2, -0.15) is 5.10 Å². The van der Waals surface area contributed by atoms with Crippen molar-refractivity contribution in [3.8, 4) is 0 Å². The molecule has 3 rings (SSSR count). The van der Waals surface area contributed by atoms with Gasteiger partial charge in [-0.25, -0.2) is 4.98 Å². The normalized spacial score (nSPS) is 18.0. The Labute approximate surface area is 130 Å². The summed E-state index contributed by atoms with van der Waals surface area (Å²) >= 11 is 1.35. The van der Waals surface area contributed by atoms with Gasteiger partial charge in [0.25, 0.3) is 0 Å². The average molecular weight is 321 g/mol. The summed E-state index contributed by atoms with van der Waals surface area (Å²) in [5, 5.41) is 16.0. The van der Waals surface area contributed by atoms with E-state index in [1.807, 2.05) is 6.92 Å². The van der Waals surface area contributed by atoms with Crippen LogP contribution in [0, 0.1) is 12.8 Å². The lowest BCUT2D eigenvalue weighted by Crippen LogP contribution is -2.34. The van der Waals surface area contributed by atoms with Crippen molar-refractivity contribution in [2.75, 3.05) is 18.0 Å². The number of aryl methyl sites for hydroxylation is 1. The number of carbonyl (C=O) groups excluding carboxylic acids is 2. The van der Waals surface area contributed by atoms with Gasteiger partial charge in [0.05, 0.1) is 12.5 Å². The van der Waals surface area contributed by atoms with Crippen molar-refractivity contribution in [3.05, 3.63) is 17.7 Å². The molecule has 1 atom stereocenters. The summed E-state index contributed by atoms with van der Waals surface area (Å²) in [6.07, 6.45) is 3.23. The van der Waals surface area contributed by atoms with Crippen LogP contribution in [0.15, 0.2) is 12.7 Å². The molecule has 0 bridgehead atoms. The van der Waals surface area contributed by atoms with Crippen molar-refractivity contribution < 1.29 is 9.59 Å². The molecule has 2 aromatic rings. The molecule has 3 heterocycles. The van der Waals surface area contributed by atoms with Crippen LogP contribution in [0.3, 0.4) is 0 Å². The summed E-state index contributed by atoms with van der Waals surface area (Å²) in [4.78, 5) is 29.5. The summed E-state index contributed by atoms with van der Waals surface area (Å²) in [6.45, 7) is 3.18. The smallest absolute Gasteiger partial charge is 0.229 e. The zero-order valence-corrected chi connectivity index (χ0v) is 12.8. The first-order valence-corrected chi connectivity index (χ1v) is 7.65. The van der Waals surface area contributed by atoms with Crippen LogP contribution in [-0.2, 0) is 16.1 Å². The van der Waals surface area contributed by atoms with Gasteiger partial charge in [-0.3, -0.25) is 19.2 Å². The first kappa shape index (κ1) is 14.6. The molecule has 1 aliphatic rings. The predicted molar refractivity (Wildman–Crippen MR) is 78.1 cm³/mol. The first-order valence-electron chi connectivity index (χ1n) is 6.84. The summed E-state index contributed by atoms with van der Waals surface area (Å²) < 4.78 is 1.64. The van der Waals surface area contributed by atoms with E-state index in [1.54, 1.807) is 11.0 Å². The van der Waals surface area contributed by atoms with E-state index in [-0.39, 0.29) is 24.2 Å². The topological polar surface area (TPSA) is 106 Å². The molecule has 0 saturated carbocycles. The van der Waals surface area contributed by atoms with Crippen molar-refractivity contribution >= 4 is 28.3 Å². The number of nitrogens with zero attached hydrogens (tertiary/aromatic N) is 6. The van der Waals surface area contributed by atoms with E-state index in [0.717, 1.165) is 5.01 Å². The molecule has 116 valence electrons. The van der Waals surface area contributed by atoms with Crippen molar-refractivity contribution in [3.63, 3.8) is 0 Å². The third kappa shape index (κ3) is 3.11. The van der Waals surface area contributed by atoms with Gasteiger partial charge in [-0.15, -0.1) is 10.2 Å². The van der Waals surface area contributed by atoms with Crippen LogP contribution in [-0.4, -0.2) is 49.9 Å². The maximum Gasteiger partial charge on any atom is 0.229 e. The van der Waals surface area contributed by atoms with Crippen LogP contribution >= 0.6 is 11.3 Å². The highest BCUT2D eigenvalue weighted by atomic mass is 32.1. The minimum atomic E-state index is -0.354. The fraction of sp³-hybridized carbons (Fsp3) is 0.500. The van der Waals surface area contributed by atoms with Gasteiger partial charge in [-0.1, -0.05) is 11.3 Å². The summed E-state index contributed by atoms with van der Waals surface area (Å²) in [5.74, 6) is -0.572. The number of carbonyl (C=O) groups is 2. The lowest BCUT2D eigenvalue weighted by Gasteiger charge is -2.12. The van der Waals surface area contributed by atoms with Gasteiger partial charge >= 0.3 is 0 Å². The quantitative estimate of drug-likeness (QED) is 0.804. The highest BCUT2D eigenvalue weighted by molar-refractivity contribution is 7.15. The molecular weight excluding hydrogens is 306 g/mol. The zero-order chi connectivity index (χ0) is 15.5.